The second kappa shape index (κ2) is 5.86. The second-order valence-electron chi connectivity index (χ2n) is 4.67. The fourth-order valence-corrected chi connectivity index (χ4v) is 2.90. The van der Waals surface area contributed by atoms with Crippen molar-refractivity contribution in [1.29, 1.82) is 0 Å². The molecule has 0 radical (unpaired) electrons. The summed E-state index contributed by atoms with van der Waals surface area (Å²) < 4.78 is 0.578. The molecule has 0 bridgehead atoms. The summed E-state index contributed by atoms with van der Waals surface area (Å²) in [7, 11) is 1.61. The molecule has 0 saturated heterocycles. The topological polar surface area (TPSA) is 79.0 Å². The van der Waals surface area contributed by atoms with Gasteiger partial charge in [0.05, 0.1) is 12.1 Å². The highest BCUT2D eigenvalue weighted by atomic mass is 35.5. The van der Waals surface area contributed by atoms with Crippen molar-refractivity contribution in [3.63, 3.8) is 0 Å². The van der Waals surface area contributed by atoms with Crippen LogP contribution in [-0.2, 0) is 6.54 Å². The van der Waals surface area contributed by atoms with Crippen LogP contribution in [0.25, 0.3) is 10.2 Å². The van der Waals surface area contributed by atoms with Crippen molar-refractivity contribution < 1.29 is 4.79 Å². The van der Waals surface area contributed by atoms with Crippen LogP contribution < -0.4 is 5.56 Å². The number of rotatable bonds is 3. The predicted octanol–water partition coefficient (Wildman–Crippen LogP) is 2.31. The van der Waals surface area contributed by atoms with Gasteiger partial charge in [0.2, 0.25) is 0 Å². The standard InChI is InChI=1S/C14H11ClN4O2S/c1-19(14(21)10-6-8(15)2-4-16-10)7-11-17-9-3-5-22-12(9)13(20)18-11/h2-6H,7H2,1H3,(H,17,18,20). The van der Waals surface area contributed by atoms with Gasteiger partial charge in [-0.3, -0.25) is 14.6 Å². The second-order valence-corrected chi connectivity index (χ2v) is 6.02. The van der Waals surface area contributed by atoms with Gasteiger partial charge in [0.1, 0.15) is 16.2 Å². The van der Waals surface area contributed by atoms with E-state index in [1.54, 1.807) is 24.6 Å². The predicted molar refractivity (Wildman–Crippen MR) is 85.3 cm³/mol. The summed E-state index contributed by atoms with van der Waals surface area (Å²) in [6, 6.07) is 4.87. The van der Waals surface area contributed by atoms with Crippen LogP contribution >= 0.6 is 22.9 Å². The van der Waals surface area contributed by atoms with Gasteiger partial charge in [-0.1, -0.05) is 11.6 Å². The zero-order valence-corrected chi connectivity index (χ0v) is 13.1. The Hall–Kier alpha value is -2.25. The minimum absolute atomic E-state index is 0.175. The van der Waals surface area contributed by atoms with E-state index in [1.165, 1.54) is 28.5 Å². The van der Waals surface area contributed by atoms with E-state index in [2.05, 4.69) is 15.0 Å². The number of nitrogens with one attached hydrogen (secondary N) is 1. The van der Waals surface area contributed by atoms with E-state index in [9.17, 15) is 9.59 Å². The molecule has 1 amide bonds. The number of thiophene rings is 1. The Morgan fingerprint density at radius 1 is 1.45 bits per heavy atom. The van der Waals surface area contributed by atoms with Crippen molar-refractivity contribution in [2.24, 2.45) is 0 Å². The maximum Gasteiger partial charge on any atom is 0.272 e. The molecule has 0 aliphatic carbocycles. The lowest BCUT2D eigenvalue weighted by molar-refractivity contribution is 0.0776. The molecule has 0 saturated carbocycles. The van der Waals surface area contributed by atoms with E-state index in [1.807, 2.05) is 0 Å². The summed E-state index contributed by atoms with van der Waals surface area (Å²) in [5.41, 5.74) is 0.677. The van der Waals surface area contributed by atoms with Crippen LogP contribution in [0.5, 0.6) is 0 Å². The average molecular weight is 335 g/mol. The number of aromatic nitrogens is 3. The zero-order valence-electron chi connectivity index (χ0n) is 11.5. The summed E-state index contributed by atoms with van der Waals surface area (Å²) in [4.78, 5) is 36.6. The molecule has 0 aliphatic heterocycles. The highest BCUT2D eigenvalue weighted by molar-refractivity contribution is 7.17. The molecular weight excluding hydrogens is 324 g/mol. The van der Waals surface area contributed by atoms with Crippen LogP contribution in [0, 0.1) is 0 Å². The molecule has 0 unspecified atom stereocenters. The summed E-state index contributed by atoms with van der Waals surface area (Å²) in [6.07, 6.45) is 1.47. The van der Waals surface area contributed by atoms with Gasteiger partial charge >= 0.3 is 0 Å². The fourth-order valence-electron chi connectivity index (χ4n) is 2.01. The maximum atomic E-state index is 12.3. The number of nitrogens with zero attached hydrogens (tertiary/aromatic N) is 3. The summed E-state index contributed by atoms with van der Waals surface area (Å²) in [6.45, 7) is 0.175. The van der Waals surface area contributed by atoms with Gasteiger partial charge in [0.25, 0.3) is 11.5 Å². The van der Waals surface area contributed by atoms with Gasteiger partial charge in [-0.25, -0.2) is 4.98 Å². The van der Waals surface area contributed by atoms with Crippen molar-refractivity contribution in [3.05, 3.63) is 56.7 Å². The van der Waals surface area contributed by atoms with Gasteiger partial charge in [-0.2, -0.15) is 0 Å². The van der Waals surface area contributed by atoms with Crippen LogP contribution in [0.4, 0.5) is 0 Å². The van der Waals surface area contributed by atoms with Crippen molar-refractivity contribution in [3.8, 4) is 0 Å². The number of carbonyl (C=O) groups is 1. The van der Waals surface area contributed by atoms with Gasteiger partial charge in [-0.15, -0.1) is 11.3 Å². The lowest BCUT2D eigenvalue weighted by Gasteiger charge is -2.16. The molecule has 6 nitrogen and oxygen atoms in total. The van der Waals surface area contributed by atoms with Crippen LogP contribution in [0.1, 0.15) is 16.3 Å². The molecule has 0 aromatic carbocycles. The van der Waals surface area contributed by atoms with Gasteiger partial charge in [0, 0.05) is 18.3 Å². The summed E-state index contributed by atoms with van der Waals surface area (Å²) in [5, 5.41) is 2.25. The number of carbonyl (C=O) groups excluding carboxylic acids is 1. The Bertz CT molecular complexity index is 905. The number of hydrogen-bond acceptors (Lipinski definition) is 5. The van der Waals surface area contributed by atoms with Gasteiger partial charge in [0.15, 0.2) is 0 Å². The van der Waals surface area contributed by atoms with Crippen LogP contribution in [0.3, 0.4) is 0 Å². The lowest BCUT2D eigenvalue weighted by atomic mass is 10.3. The first kappa shape index (κ1) is 14.7. The van der Waals surface area contributed by atoms with E-state index >= 15 is 0 Å². The van der Waals surface area contributed by atoms with E-state index < -0.39 is 0 Å². The smallest absolute Gasteiger partial charge is 0.272 e. The quantitative estimate of drug-likeness (QED) is 0.797. The van der Waals surface area contributed by atoms with Crippen LogP contribution in [0.15, 0.2) is 34.6 Å². The first-order valence-electron chi connectivity index (χ1n) is 6.38. The third-order valence-electron chi connectivity index (χ3n) is 3.04. The first-order chi connectivity index (χ1) is 10.5. The first-order valence-corrected chi connectivity index (χ1v) is 7.64. The normalized spacial score (nSPS) is 10.8. The molecular formula is C14H11ClN4O2S. The lowest BCUT2D eigenvalue weighted by Crippen LogP contribution is -2.28. The Kier molecular flexibility index (Phi) is 3.91. The molecule has 3 aromatic heterocycles. The van der Waals surface area contributed by atoms with Crippen LogP contribution in [-0.4, -0.2) is 32.8 Å². The number of aromatic amines is 1. The van der Waals surface area contributed by atoms with Crippen LogP contribution in [0.2, 0.25) is 5.02 Å². The molecule has 0 atom stereocenters. The SMILES string of the molecule is CN(Cc1nc2ccsc2c(=O)[nH]1)C(=O)c1cc(Cl)ccn1. The van der Waals surface area contributed by atoms with Crippen molar-refractivity contribution >= 4 is 39.1 Å². The molecule has 0 spiro atoms. The third kappa shape index (κ3) is 2.86. The Balaban J connectivity index is 1.84. The molecule has 3 heterocycles. The van der Waals surface area contributed by atoms with E-state index in [0.717, 1.165) is 0 Å². The van der Waals surface area contributed by atoms with Crippen molar-refractivity contribution in [2.75, 3.05) is 7.05 Å². The molecule has 0 fully saturated rings. The van der Waals surface area contributed by atoms with Gasteiger partial charge < -0.3 is 9.88 Å². The molecule has 3 aromatic rings. The maximum absolute atomic E-state index is 12.3. The highest BCUT2D eigenvalue weighted by Crippen LogP contribution is 2.15. The Morgan fingerprint density at radius 2 is 2.27 bits per heavy atom. The number of hydrogen-bond donors (Lipinski definition) is 1. The Labute approximate surface area is 134 Å². The molecule has 1 N–H and O–H groups in total. The average Bonchev–Trinajstić information content (AvgIpc) is 2.95. The number of halogens is 1. The molecule has 0 aliphatic rings. The Morgan fingerprint density at radius 3 is 3.05 bits per heavy atom. The highest BCUT2D eigenvalue weighted by Gasteiger charge is 2.15. The summed E-state index contributed by atoms with van der Waals surface area (Å²) in [5.74, 6) is 0.129. The molecule has 3 rings (SSSR count). The number of pyridine rings is 1. The number of H-pyrrole nitrogens is 1. The zero-order chi connectivity index (χ0) is 15.7. The molecule has 112 valence electrons. The van der Waals surface area contributed by atoms with E-state index in [0.29, 0.717) is 21.1 Å². The summed E-state index contributed by atoms with van der Waals surface area (Å²) >= 11 is 7.19. The minimum atomic E-state index is -0.296. The van der Waals surface area contributed by atoms with E-state index in [-0.39, 0.29) is 23.7 Å². The van der Waals surface area contributed by atoms with Crippen molar-refractivity contribution in [2.45, 2.75) is 6.54 Å². The van der Waals surface area contributed by atoms with Crippen molar-refractivity contribution in [1.82, 2.24) is 19.9 Å². The number of amides is 1. The monoisotopic (exact) mass is 334 g/mol. The largest absolute Gasteiger partial charge is 0.333 e. The molecule has 22 heavy (non-hydrogen) atoms. The molecule has 8 heteroatoms. The third-order valence-corrected chi connectivity index (χ3v) is 4.18. The van der Waals surface area contributed by atoms with E-state index in [4.69, 9.17) is 11.6 Å². The fraction of sp³-hybridized carbons (Fsp3) is 0.143. The van der Waals surface area contributed by atoms with Gasteiger partial charge in [-0.05, 0) is 23.6 Å². The number of fused-ring (bicyclic) bond motifs is 1. The minimum Gasteiger partial charge on any atom is -0.333 e.